The number of rotatable bonds is 7. The zero-order valence-corrected chi connectivity index (χ0v) is 16.9. The van der Waals surface area contributed by atoms with Crippen molar-refractivity contribution in [2.45, 2.75) is 6.92 Å². The van der Waals surface area contributed by atoms with Crippen molar-refractivity contribution in [3.8, 4) is 22.6 Å². The normalized spacial score (nSPS) is 11.1. The molecule has 4 aromatic carbocycles. The van der Waals surface area contributed by atoms with Crippen LogP contribution in [0.15, 0.2) is 66.7 Å². The molecule has 4 aromatic rings. The first-order chi connectivity index (χ1) is 14.2. The first-order valence-corrected chi connectivity index (χ1v) is 9.52. The third-order valence-corrected chi connectivity index (χ3v) is 4.98. The lowest BCUT2D eigenvalue weighted by Gasteiger charge is -2.21. The van der Waals surface area contributed by atoms with Crippen LogP contribution in [0, 0.1) is 6.92 Å². The molecule has 0 spiro atoms. The average molecular weight is 388 g/mol. The predicted molar refractivity (Wildman–Crippen MR) is 117 cm³/mol. The standard InChI is InChI=1S/C25H24O4/c1-17-14-19-9-5-7-11-21(19)24(25(17)29-16-27-3)23-20-10-6-4-8-18(20)12-13-22(23)28-15-26-2/h4-14H,15-16H2,1-3H3. The first-order valence-electron chi connectivity index (χ1n) is 9.52. The van der Waals surface area contributed by atoms with Gasteiger partial charge in [-0.2, -0.15) is 0 Å². The maximum Gasteiger partial charge on any atom is 0.188 e. The van der Waals surface area contributed by atoms with Gasteiger partial charge in [0, 0.05) is 25.3 Å². The highest BCUT2D eigenvalue weighted by atomic mass is 16.7. The number of methoxy groups -OCH3 is 2. The number of aryl methyl sites for hydroxylation is 1. The van der Waals surface area contributed by atoms with Gasteiger partial charge in [0.15, 0.2) is 13.6 Å². The van der Waals surface area contributed by atoms with Gasteiger partial charge in [0.25, 0.3) is 0 Å². The van der Waals surface area contributed by atoms with Gasteiger partial charge in [0.1, 0.15) is 11.5 Å². The highest BCUT2D eigenvalue weighted by Crippen LogP contribution is 2.46. The molecule has 0 radical (unpaired) electrons. The van der Waals surface area contributed by atoms with Gasteiger partial charge < -0.3 is 18.9 Å². The van der Waals surface area contributed by atoms with Crippen molar-refractivity contribution in [3.05, 3.63) is 72.3 Å². The lowest BCUT2D eigenvalue weighted by atomic mass is 9.90. The Bertz CT molecular complexity index is 1150. The molecule has 0 saturated carbocycles. The van der Waals surface area contributed by atoms with Crippen LogP contribution in [0.2, 0.25) is 0 Å². The van der Waals surface area contributed by atoms with Crippen LogP contribution in [0.1, 0.15) is 5.56 Å². The smallest absolute Gasteiger partial charge is 0.188 e. The van der Waals surface area contributed by atoms with Crippen LogP contribution >= 0.6 is 0 Å². The van der Waals surface area contributed by atoms with Gasteiger partial charge in [-0.25, -0.2) is 0 Å². The summed E-state index contributed by atoms with van der Waals surface area (Å²) in [6.07, 6.45) is 0. The van der Waals surface area contributed by atoms with Crippen LogP contribution in [-0.4, -0.2) is 27.8 Å². The maximum absolute atomic E-state index is 6.08. The van der Waals surface area contributed by atoms with Crippen LogP contribution in [0.25, 0.3) is 32.7 Å². The SMILES string of the molecule is COCOc1ccc2ccccc2c1-c1c(OCOC)c(C)cc2ccccc12. The Hall–Kier alpha value is -3.08. The molecule has 148 valence electrons. The van der Waals surface area contributed by atoms with Crippen LogP contribution in [0.4, 0.5) is 0 Å². The summed E-state index contributed by atoms with van der Waals surface area (Å²) in [7, 11) is 3.25. The molecule has 0 heterocycles. The molecule has 0 saturated heterocycles. The molecule has 0 aliphatic heterocycles. The van der Waals surface area contributed by atoms with Crippen molar-refractivity contribution in [1.29, 1.82) is 0 Å². The van der Waals surface area contributed by atoms with Crippen LogP contribution in [-0.2, 0) is 9.47 Å². The van der Waals surface area contributed by atoms with E-state index < -0.39 is 0 Å². The molecular formula is C25H24O4. The lowest BCUT2D eigenvalue weighted by Crippen LogP contribution is -2.05. The summed E-state index contributed by atoms with van der Waals surface area (Å²) in [5.74, 6) is 1.55. The summed E-state index contributed by atoms with van der Waals surface area (Å²) in [6, 6.07) is 22.8. The summed E-state index contributed by atoms with van der Waals surface area (Å²) in [4.78, 5) is 0. The third-order valence-electron chi connectivity index (χ3n) is 4.98. The quantitative estimate of drug-likeness (QED) is 0.368. The molecule has 0 aliphatic rings. The zero-order chi connectivity index (χ0) is 20.2. The van der Waals surface area contributed by atoms with E-state index in [2.05, 4.69) is 43.3 Å². The molecule has 4 nitrogen and oxygen atoms in total. The summed E-state index contributed by atoms with van der Waals surface area (Å²) in [5.41, 5.74) is 3.04. The average Bonchev–Trinajstić information content (AvgIpc) is 2.75. The van der Waals surface area contributed by atoms with Gasteiger partial charge in [0.2, 0.25) is 0 Å². The van der Waals surface area contributed by atoms with Gasteiger partial charge >= 0.3 is 0 Å². The van der Waals surface area contributed by atoms with Crippen LogP contribution in [0.5, 0.6) is 11.5 Å². The van der Waals surface area contributed by atoms with E-state index in [1.165, 1.54) is 0 Å². The molecule has 4 heteroatoms. The predicted octanol–water partition coefficient (Wildman–Crippen LogP) is 5.93. The third kappa shape index (κ3) is 3.65. The van der Waals surface area contributed by atoms with Gasteiger partial charge in [-0.15, -0.1) is 0 Å². The number of ether oxygens (including phenoxy) is 4. The molecule has 0 aromatic heterocycles. The minimum atomic E-state index is 0.170. The molecule has 4 rings (SSSR count). The monoisotopic (exact) mass is 388 g/mol. The van der Waals surface area contributed by atoms with Gasteiger partial charge in [0.05, 0.1) is 0 Å². The van der Waals surface area contributed by atoms with E-state index in [0.29, 0.717) is 0 Å². The van der Waals surface area contributed by atoms with Crippen molar-refractivity contribution in [2.75, 3.05) is 27.8 Å². The van der Waals surface area contributed by atoms with Gasteiger partial charge in [-0.05, 0) is 46.2 Å². The van der Waals surface area contributed by atoms with E-state index in [9.17, 15) is 0 Å². The molecule has 0 atom stereocenters. The van der Waals surface area contributed by atoms with Crippen LogP contribution < -0.4 is 9.47 Å². The Labute approximate surface area is 170 Å². The van der Waals surface area contributed by atoms with E-state index in [0.717, 1.165) is 49.7 Å². The maximum atomic E-state index is 6.08. The van der Waals surface area contributed by atoms with E-state index in [-0.39, 0.29) is 13.6 Å². The molecule has 0 amide bonds. The van der Waals surface area contributed by atoms with Crippen molar-refractivity contribution in [3.63, 3.8) is 0 Å². The summed E-state index contributed by atoms with van der Waals surface area (Å²) < 4.78 is 22.5. The van der Waals surface area contributed by atoms with Crippen molar-refractivity contribution in [1.82, 2.24) is 0 Å². The number of hydrogen-bond donors (Lipinski definition) is 0. The van der Waals surface area contributed by atoms with E-state index in [1.54, 1.807) is 14.2 Å². The van der Waals surface area contributed by atoms with E-state index in [4.69, 9.17) is 18.9 Å². The van der Waals surface area contributed by atoms with E-state index >= 15 is 0 Å². The molecule has 0 fully saturated rings. The fraction of sp³-hybridized carbons (Fsp3) is 0.200. The lowest BCUT2D eigenvalue weighted by molar-refractivity contribution is 0.0499. The number of hydrogen-bond acceptors (Lipinski definition) is 4. The Balaban J connectivity index is 2.11. The minimum absolute atomic E-state index is 0.170. The largest absolute Gasteiger partial charge is 0.467 e. The van der Waals surface area contributed by atoms with Crippen molar-refractivity contribution >= 4 is 21.5 Å². The number of fused-ring (bicyclic) bond motifs is 2. The Kier molecular flexibility index (Phi) is 5.65. The van der Waals surface area contributed by atoms with Crippen molar-refractivity contribution < 1.29 is 18.9 Å². The molecule has 0 N–H and O–H groups in total. The van der Waals surface area contributed by atoms with Gasteiger partial charge in [-0.3, -0.25) is 0 Å². The second-order valence-corrected chi connectivity index (χ2v) is 6.88. The zero-order valence-electron chi connectivity index (χ0n) is 16.9. The minimum Gasteiger partial charge on any atom is -0.467 e. The molecule has 0 unspecified atom stereocenters. The number of benzene rings is 4. The summed E-state index contributed by atoms with van der Waals surface area (Å²) in [5, 5.41) is 4.48. The molecule has 0 aliphatic carbocycles. The summed E-state index contributed by atoms with van der Waals surface area (Å²) >= 11 is 0. The fourth-order valence-electron chi connectivity index (χ4n) is 3.77. The second kappa shape index (κ2) is 8.52. The summed E-state index contributed by atoms with van der Waals surface area (Å²) in [6.45, 7) is 2.40. The van der Waals surface area contributed by atoms with Crippen LogP contribution in [0.3, 0.4) is 0 Å². The Morgan fingerprint density at radius 2 is 1.28 bits per heavy atom. The fourth-order valence-corrected chi connectivity index (χ4v) is 3.77. The van der Waals surface area contributed by atoms with E-state index in [1.807, 2.05) is 30.3 Å². The molecule has 0 bridgehead atoms. The molecular weight excluding hydrogens is 364 g/mol. The molecule has 29 heavy (non-hydrogen) atoms. The Morgan fingerprint density at radius 1 is 0.655 bits per heavy atom. The highest BCUT2D eigenvalue weighted by molar-refractivity contribution is 6.10. The van der Waals surface area contributed by atoms with Crippen molar-refractivity contribution in [2.24, 2.45) is 0 Å². The first kappa shape index (κ1) is 19.2. The topological polar surface area (TPSA) is 36.9 Å². The second-order valence-electron chi connectivity index (χ2n) is 6.88. The Morgan fingerprint density at radius 3 is 2.00 bits per heavy atom. The highest BCUT2D eigenvalue weighted by Gasteiger charge is 2.20. The van der Waals surface area contributed by atoms with Gasteiger partial charge in [-0.1, -0.05) is 54.6 Å².